The Balaban J connectivity index is 1.84. The number of nitro benzene ring substituents is 1. The number of hydrogen-bond acceptors (Lipinski definition) is 4. The number of benzene rings is 2. The van der Waals surface area contributed by atoms with E-state index >= 15 is 0 Å². The van der Waals surface area contributed by atoms with Crippen molar-refractivity contribution < 1.29 is 4.92 Å². The Morgan fingerprint density at radius 3 is 2.68 bits per heavy atom. The highest BCUT2D eigenvalue weighted by molar-refractivity contribution is 7.99. The summed E-state index contributed by atoms with van der Waals surface area (Å²) in [4.78, 5) is 13.7. The Hall–Kier alpha value is -2.12. The summed E-state index contributed by atoms with van der Waals surface area (Å²) in [6, 6.07) is 16.8. The Morgan fingerprint density at radius 2 is 2.00 bits per heavy atom. The van der Waals surface area contributed by atoms with E-state index in [0.29, 0.717) is 5.11 Å². The predicted octanol–water partition coefficient (Wildman–Crippen LogP) is 4.25. The molecule has 0 amide bonds. The lowest BCUT2D eigenvalue weighted by Gasteiger charge is -2.28. The van der Waals surface area contributed by atoms with Crippen LogP contribution in [0.2, 0.25) is 0 Å². The first-order valence-corrected chi connectivity index (χ1v) is 9.31. The average molecular weight is 376 g/mol. The van der Waals surface area contributed by atoms with E-state index in [9.17, 15) is 10.1 Å². The molecule has 0 spiro atoms. The summed E-state index contributed by atoms with van der Waals surface area (Å²) in [6.07, 6.45) is 0. The number of nitro groups is 1. The van der Waals surface area contributed by atoms with Crippen LogP contribution in [0, 0.1) is 10.1 Å². The van der Waals surface area contributed by atoms with Crippen LogP contribution in [-0.4, -0.2) is 34.3 Å². The van der Waals surface area contributed by atoms with Gasteiger partial charge in [0.2, 0.25) is 0 Å². The fourth-order valence-electron chi connectivity index (χ4n) is 2.27. The quantitative estimate of drug-likeness (QED) is 0.257. The van der Waals surface area contributed by atoms with E-state index in [4.69, 9.17) is 12.2 Å². The molecule has 0 fully saturated rings. The van der Waals surface area contributed by atoms with Crippen molar-refractivity contribution in [1.82, 2.24) is 10.2 Å². The van der Waals surface area contributed by atoms with Crippen LogP contribution in [0.15, 0.2) is 59.5 Å². The first kappa shape index (κ1) is 19.2. The monoisotopic (exact) mass is 375 g/mol. The first-order valence-electron chi connectivity index (χ1n) is 7.92. The van der Waals surface area contributed by atoms with Crippen molar-refractivity contribution in [2.24, 2.45) is 0 Å². The van der Waals surface area contributed by atoms with E-state index in [1.165, 1.54) is 11.0 Å². The third kappa shape index (κ3) is 5.72. The topological polar surface area (TPSA) is 58.4 Å². The number of nitrogens with zero attached hydrogens (tertiary/aromatic N) is 2. The molecular formula is C18H21N3O2S2. The van der Waals surface area contributed by atoms with Crippen LogP contribution >= 0.6 is 24.0 Å². The Kier molecular flexibility index (Phi) is 7.21. The molecule has 0 aliphatic rings. The highest BCUT2D eigenvalue weighted by Gasteiger charge is 2.16. The van der Waals surface area contributed by atoms with Crippen molar-refractivity contribution in [3.8, 4) is 0 Å². The number of rotatable bonds is 7. The molecule has 0 heterocycles. The molecule has 25 heavy (non-hydrogen) atoms. The average Bonchev–Trinajstić information content (AvgIpc) is 2.64. The lowest BCUT2D eigenvalue weighted by molar-refractivity contribution is -0.384. The van der Waals surface area contributed by atoms with Crippen molar-refractivity contribution in [3.05, 3.63) is 70.3 Å². The maximum atomic E-state index is 10.9. The number of non-ortho nitro benzene ring substituents is 1. The smallest absolute Gasteiger partial charge is 0.269 e. The van der Waals surface area contributed by atoms with Gasteiger partial charge in [0.1, 0.15) is 0 Å². The van der Waals surface area contributed by atoms with Gasteiger partial charge in [-0.3, -0.25) is 10.1 Å². The molecule has 2 aromatic carbocycles. The molecule has 1 atom stereocenters. The highest BCUT2D eigenvalue weighted by atomic mass is 32.2. The van der Waals surface area contributed by atoms with E-state index in [1.807, 2.05) is 43.1 Å². The van der Waals surface area contributed by atoms with Gasteiger partial charge in [0, 0.05) is 36.4 Å². The molecule has 0 saturated carbocycles. The summed E-state index contributed by atoms with van der Waals surface area (Å²) in [6.45, 7) is 2.73. The van der Waals surface area contributed by atoms with Gasteiger partial charge < -0.3 is 10.2 Å². The van der Waals surface area contributed by atoms with Gasteiger partial charge in [-0.05, 0) is 36.8 Å². The van der Waals surface area contributed by atoms with E-state index < -0.39 is 0 Å². The molecule has 0 bridgehead atoms. The molecule has 0 aromatic heterocycles. The summed E-state index contributed by atoms with van der Waals surface area (Å²) < 4.78 is 0. The third-order valence-electron chi connectivity index (χ3n) is 3.85. The van der Waals surface area contributed by atoms with E-state index in [1.54, 1.807) is 23.9 Å². The largest absolute Gasteiger partial charge is 0.362 e. The zero-order chi connectivity index (χ0) is 18.2. The molecule has 0 aliphatic carbocycles. The van der Waals surface area contributed by atoms with Gasteiger partial charge in [0.05, 0.1) is 11.0 Å². The molecule has 7 heteroatoms. The van der Waals surface area contributed by atoms with Gasteiger partial charge in [0.25, 0.3) is 5.69 Å². The maximum absolute atomic E-state index is 10.9. The van der Waals surface area contributed by atoms with Crippen LogP contribution < -0.4 is 5.32 Å². The van der Waals surface area contributed by atoms with Crippen LogP contribution in [0.5, 0.6) is 0 Å². The zero-order valence-electron chi connectivity index (χ0n) is 14.2. The van der Waals surface area contributed by atoms with Crippen LogP contribution in [-0.2, 0) is 0 Å². The van der Waals surface area contributed by atoms with Gasteiger partial charge in [0.15, 0.2) is 5.11 Å². The molecule has 0 radical (unpaired) electrons. The zero-order valence-corrected chi connectivity index (χ0v) is 15.8. The van der Waals surface area contributed by atoms with Crippen molar-refractivity contribution in [1.29, 1.82) is 0 Å². The normalized spacial score (nSPS) is 11.6. The van der Waals surface area contributed by atoms with Crippen LogP contribution in [0.4, 0.5) is 5.69 Å². The maximum Gasteiger partial charge on any atom is 0.269 e. The lowest BCUT2D eigenvalue weighted by atomic mass is 10.1. The fourth-order valence-corrected chi connectivity index (χ4v) is 3.32. The number of nitrogens with one attached hydrogen (secondary N) is 1. The van der Waals surface area contributed by atoms with Gasteiger partial charge in [-0.2, -0.15) is 0 Å². The van der Waals surface area contributed by atoms with Crippen molar-refractivity contribution in [3.63, 3.8) is 0 Å². The second-order valence-corrected chi connectivity index (χ2v) is 7.09. The number of hydrogen-bond donors (Lipinski definition) is 1. The minimum atomic E-state index is -0.381. The molecule has 1 N–H and O–H groups in total. The molecule has 0 unspecified atom stereocenters. The van der Waals surface area contributed by atoms with Crippen molar-refractivity contribution in [2.45, 2.75) is 17.9 Å². The highest BCUT2D eigenvalue weighted by Crippen LogP contribution is 2.23. The molecule has 0 saturated heterocycles. The summed E-state index contributed by atoms with van der Waals surface area (Å²) in [7, 11) is 1.89. The molecule has 2 aromatic rings. The van der Waals surface area contributed by atoms with Crippen LogP contribution in [0.3, 0.4) is 0 Å². The van der Waals surface area contributed by atoms with Crippen LogP contribution in [0.25, 0.3) is 0 Å². The molecule has 0 aliphatic heterocycles. The fraction of sp³-hybridized carbons (Fsp3) is 0.278. The lowest BCUT2D eigenvalue weighted by Crippen LogP contribution is -2.39. The third-order valence-corrected chi connectivity index (χ3v) is 5.30. The summed E-state index contributed by atoms with van der Waals surface area (Å²) in [5.41, 5.74) is 0.954. The molecule has 5 nitrogen and oxygen atoms in total. The first-order chi connectivity index (χ1) is 12.0. The van der Waals surface area contributed by atoms with Gasteiger partial charge in [-0.1, -0.05) is 30.3 Å². The summed E-state index contributed by atoms with van der Waals surface area (Å²) >= 11 is 7.21. The van der Waals surface area contributed by atoms with Gasteiger partial charge in [-0.25, -0.2) is 0 Å². The number of thioether (sulfide) groups is 1. The SMILES string of the molecule is C[C@@H](c1cccc([N+](=O)[O-])c1)N(C)C(=S)NCCSc1ccccc1. The van der Waals surface area contributed by atoms with E-state index in [0.717, 1.165) is 17.9 Å². The van der Waals surface area contributed by atoms with Gasteiger partial charge >= 0.3 is 0 Å². The molecular weight excluding hydrogens is 354 g/mol. The van der Waals surface area contributed by atoms with Gasteiger partial charge in [-0.15, -0.1) is 11.8 Å². The molecule has 2 rings (SSSR count). The predicted molar refractivity (Wildman–Crippen MR) is 107 cm³/mol. The Labute approximate surface area is 157 Å². The second kappa shape index (κ2) is 9.39. The summed E-state index contributed by atoms with van der Waals surface area (Å²) in [5.74, 6) is 0.906. The standard InChI is InChI=1S/C18H21N3O2S2/c1-14(15-7-6-8-16(13-15)21(22)23)20(2)18(24)19-11-12-25-17-9-4-3-5-10-17/h3-10,13-14H,11-12H2,1-2H3,(H,19,24)/t14-/m0/s1. The van der Waals surface area contributed by atoms with Crippen LogP contribution in [0.1, 0.15) is 18.5 Å². The minimum Gasteiger partial charge on any atom is -0.362 e. The van der Waals surface area contributed by atoms with Crippen molar-refractivity contribution >= 4 is 34.8 Å². The Morgan fingerprint density at radius 1 is 1.28 bits per heavy atom. The van der Waals surface area contributed by atoms with E-state index in [-0.39, 0.29) is 16.7 Å². The van der Waals surface area contributed by atoms with E-state index in [2.05, 4.69) is 17.4 Å². The minimum absolute atomic E-state index is 0.0540. The molecule has 132 valence electrons. The second-order valence-electron chi connectivity index (χ2n) is 5.53. The summed E-state index contributed by atoms with van der Waals surface area (Å²) in [5, 5.41) is 14.8. The Bertz CT molecular complexity index is 725. The number of thiocarbonyl (C=S) groups is 1. The van der Waals surface area contributed by atoms with Crippen molar-refractivity contribution in [2.75, 3.05) is 19.3 Å².